The molecule has 0 radical (unpaired) electrons. The molecule has 92 valence electrons. The number of nitrogens with zero attached hydrogens (tertiary/aromatic N) is 2. The Morgan fingerprint density at radius 1 is 1.28 bits per heavy atom. The van der Waals surface area contributed by atoms with Gasteiger partial charge >= 0.3 is 0 Å². The highest BCUT2D eigenvalue weighted by atomic mass is 32.1. The highest BCUT2D eigenvalue weighted by molar-refractivity contribution is 7.18. The molecule has 0 aromatic carbocycles. The van der Waals surface area contributed by atoms with Crippen molar-refractivity contribution in [2.24, 2.45) is 0 Å². The molecule has 0 fully saturated rings. The van der Waals surface area contributed by atoms with Gasteiger partial charge in [0.25, 0.3) is 0 Å². The summed E-state index contributed by atoms with van der Waals surface area (Å²) in [5.41, 5.74) is 0. The first-order valence-electron chi connectivity index (χ1n) is 5.86. The molecule has 3 aromatic rings. The first kappa shape index (κ1) is 11.6. The lowest BCUT2D eigenvalue weighted by molar-refractivity contribution is 1.13. The quantitative estimate of drug-likeness (QED) is 0.784. The fourth-order valence-corrected chi connectivity index (χ4v) is 3.38. The number of thiophene rings is 2. The monoisotopic (exact) mass is 275 g/mol. The largest absolute Gasteiger partial charge is 0.365 e. The molecule has 0 amide bonds. The minimum atomic E-state index is 0.821. The maximum Gasteiger partial charge on any atom is 0.138 e. The van der Waals surface area contributed by atoms with E-state index in [2.05, 4.69) is 45.8 Å². The lowest BCUT2D eigenvalue weighted by Crippen LogP contribution is -2.00. The van der Waals surface area contributed by atoms with Gasteiger partial charge in [0, 0.05) is 9.75 Å². The topological polar surface area (TPSA) is 37.8 Å². The van der Waals surface area contributed by atoms with Crippen molar-refractivity contribution in [1.29, 1.82) is 0 Å². The summed E-state index contributed by atoms with van der Waals surface area (Å²) in [4.78, 5) is 12.4. The van der Waals surface area contributed by atoms with Gasteiger partial charge in [-0.05, 0) is 23.9 Å². The molecule has 0 aliphatic heterocycles. The minimum absolute atomic E-state index is 0.821. The number of hydrogen-bond acceptors (Lipinski definition) is 5. The van der Waals surface area contributed by atoms with Gasteiger partial charge < -0.3 is 5.32 Å². The summed E-state index contributed by atoms with van der Waals surface area (Å²) in [7, 11) is 0. The van der Waals surface area contributed by atoms with E-state index in [1.807, 2.05) is 0 Å². The Bertz CT molecular complexity index is 643. The van der Waals surface area contributed by atoms with E-state index < -0.39 is 0 Å². The molecule has 0 aliphatic carbocycles. The van der Waals surface area contributed by atoms with E-state index in [1.54, 1.807) is 29.0 Å². The Balaban J connectivity index is 1.89. The average Bonchev–Trinajstić information content (AvgIpc) is 3.04. The number of rotatable bonds is 4. The van der Waals surface area contributed by atoms with Crippen LogP contribution in [0.3, 0.4) is 0 Å². The summed E-state index contributed by atoms with van der Waals surface area (Å²) in [6, 6.07) is 6.38. The number of aromatic nitrogens is 2. The molecule has 18 heavy (non-hydrogen) atoms. The highest BCUT2D eigenvalue weighted by Crippen LogP contribution is 2.28. The van der Waals surface area contributed by atoms with Crippen molar-refractivity contribution in [2.75, 3.05) is 5.32 Å². The van der Waals surface area contributed by atoms with Crippen LogP contribution in [0, 0.1) is 0 Å². The third-order valence-electron chi connectivity index (χ3n) is 2.74. The van der Waals surface area contributed by atoms with Gasteiger partial charge in [0.1, 0.15) is 17.0 Å². The van der Waals surface area contributed by atoms with E-state index in [0.717, 1.165) is 29.0 Å². The lowest BCUT2D eigenvalue weighted by atomic mass is 10.3. The van der Waals surface area contributed by atoms with Crippen LogP contribution in [-0.4, -0.2) is 9.97 Å². The molecule has 1 N–H and O–H groups in total. The molecule has 0 saturated carbocycles. The van der Waals surface area contributed by atoms with Crippen LogP contribution in [0.1, 0.15) is 16.7 Å². The fraction of sp³-hybridized carbons (Fsp3) is 0.231. The number of fused-ring (bicyclic) bond motifs is 1. The zero-order valence-corrected chi connectivity index (χ0v) is 11.6. The van der Waals surface area contributed by atoms with E-state index in [4.69, 9.17) is 0 Å². The summed E-state index contributed by atoms with van der Waals surface area (Å²) >= 11 is 3.50. The smallest absolute Gasteiger partial charge is 0.138 e. The van der Waals surface area contributed by atoms with Crippen LogP contribution in [0.4, 0.5) is 5.82 Å². The van der Waals surface area contributed by atoms with Crippen LogP contribution in [-0.2, 0) is 13.0 Å². The van der Waals surface area contributed by atoms with Gasteiger partial charge in [0.2, 0.25) is 0 Å². The lowest BCUT2D eigenvalue weighted by Gasteiger charge is -2.04. The van der Waals surface area contributed by atoms with Crippen LogP contribution in [0.25, 0.3) is 10.2 Å². The van der Waals surface area contributed by atoms with Crippen molar-refractivity contribution in [3.05, 3.63) is 39.7 Å². The minimum Gasteiger partial charge on any atom is -0.365 e. The molecule has 0 atom stereocenters. The van der Waals surface area contributed by atoms with E-state index in [9.17, 15) is 0 Å². The molecule has 0 unspecified atom stereocenters. The molecule has 3 aromatic heterocycles. The predicted octanol–water partition coefficient (Wildman–Crippen LogP) is 3.93. The van der Waals surface area contributed by atoms with Crippen LogP contribution in [0.5, 0.6) is 0 Å². The number of anilines is 1. The number of hydrogen-bond donors (Lipinski definition) is 1. The molecular weight excluding hydrogens is 262 g/mol. The van der Waals surface area contributed by atoms with Crippen LogP contribution >= 0.6 is 22.7 Å². The van der Waals surface area contributed by atoms with Gasteiger partial charge in [-0.3, -0.25) is 0 Å². The Morgan fingerprint density at radius 3 is 3.00 bits per heavy atom. The molecule has 0 bridgehead atoms. The van der Waals surface area contributed by atoms with Crippen molar-refractivity contribution < 1.29 is 0 Å². The molecule has 3 heterocycles. The second kappa shape index (κ2) is 5.04. The highest BCUT2D eigenvalue weighted by Gasteiger charge is 2.07. The SMILES string of the molecule is CCc1cc2c(NCc3cccs3)ncnc2s1. The molecule has 3 nitrogen and oxygen atoms in total. The Hall–Kier alpha value is -1.46. The molecule has 0 spiro atoms. The van der Waals surface area contributed by atoms with E-state index in [0.29, 0.717) is 0 Å². The second-order valence-corrected chi connectivity index (χ2v) is 6.09. The van der Waals surface area contributed by atoms with Crippen LogP contribution in [0.15, 0.2) is 29.9 Å². The van der Waals surface area contributed by atoms with Crippen LogP contribution in [0.2, 0.25) is 0 Å². The van der Waals surface area contributed by atoms with Crippen molar-refractivity contribution in [3.8, 4) is 0 Å². The molecule has 3 rings (SSSR count). The van der Waals surface area contributed by atoms with Gasteiger partial charge in [-0.25, -0.2) is 9.97 Å². The first-order chi connectivity index (χ1) is 8.86. The zero-order chi connectivity index (χ0) is 12.4. The summed E-state index contributed by atoms with van der Waals surface area (Å²) in [6.07, 6.45) is 2.68. The maximum absolute atomic E-state index is 4.34. The number of aryl methyl sites for hydroxylation is 1. The van der Waals surface area contributed by atoms with Gasteiger partial charge in [-0.2, -0.15) is 0 Å². The Morgan fingerprint density at radius 2 is 2.22 bits per heavy atom. The molecule has 0 saturated heterocycles. The predicted molar refractivity (Wildman–Crippen MR) is 78.4 cm³/mol. The third kappa shape index (κ3) is 2.23. The first-order valence-corrected chi connectivity index (χ1v) is 7.56. The van der Waals surface area contributed by atoms with E-state index >= 15 is 0 Å². The van der Waals surface area contributed by atoms with E-state index in [-0.39, 0.29) is 0 Å². The van der Waals surface area contributed by atoms with Crippen LogP contribution < -0.4 is 5.32 Å². The van der Waals surface area contributed by atoms with Crippen molar-refractivity contribution in [2.45, 2.75) is 19.9 Å². The van der Waals surface area contributed by atoms with Crippen molar-refractivity contribution in [3.63, 3.8) is 0 Å². The molecular formula is C13H13N3S2. The van der Waals surface area contributed by atoms with Gasteiger partial charge in [0.05, 0.1) is 11.9 Å². The van der Waals surface area contributed by atoms with E-state index in [1.165, 1.54) is 9.75 Å². The Labute approximate surface area is 114 Å². The zero-order valence-electron chi connectivity index (χ0n) is 10.0. The fourth-order valence-electron chi connectivity index (χ4n) is 1.80. The van der Waals surface area contributed by atoms with Crippen molar-refractivity contribution in [1.82, 2.24) is 9.97 Å². The van der Waals surface area contributed by atoms with Gasteiger partial charge in [-0.15, -0.1) is 22.7 Å². The number of nitrogens with one attached hydrogen (secondary N) is 1. The summed E-state index contributed by atoms with van der Waals surface area (Å²) in [6.45, 7) is 2.98. The molecule has 0 aliphatic rings. The third-order valence-corrected chi connectivity index (χ3v) is 4.80. The summed E-state index contributed by atoms with van der Waals surface area (Å²) in [5.74, 6) is 0.935. The summed E-state index contributed by atoms with van der Waals surface area (Å²) in [5, 5.41) is 6.62. The van der Waals surface area contributed by atoms with Gasteiger partial charge in [-0.1, -0.05) is 13.0 Å². The Kier molecular flexibility index (Phi) is 3.25. The second-order valence-electron chi connectivity index (χ2n) is 3.94. The maximum atomic E-state index is 4.34. The van der Waals surface area contributed by atoms with Crippen molar-refractivity contribution >= 4 is 38.7 Å². The average molecular weight is 275 g/mol. The standard InChI is InChI=1S/C13H13N3S2/c1-2-9-6-11-12(15-8-16-13(11)18-9)14-7-10-4-3-5-17-10/h3-6,8H,2,7H2,1H3,(H,14,15,16). The molecule has 5 heteroatoms. The normalized spacial score (nSPS) is 10.9. The van der Waals surface area contributed by atoms with Gasteiger partial charge in [0.15, 0.2) is 0 Å². The summed E-state index contributed by atoms with van der Waals surface area (Å²) < 4.78 is 0.